The fourth-order valence-corrected chi connectivity index (χ4v) is 10.7. The zero-order valence-corrected chi connectivity index (χ0v) is 24.4. The van der Waals surface area contributed by atoms with Crippen LogP contribution >= 0.6 is 0 Å². The molecule has 14 atom stereocenters. The molecular weight excluding hydrogens is 464 g/mol. The number of aliphatic hydroxyl groups excluding tert-OH is 3. The summed E-state index contributed by atoms with van der Waals surface area (Å²) in [6.07, 6.45) is 4.91. The Bertz CT molecular complexity index is 943. The van der Waals surface area contributed by atoms with Crippen molar-refractivity contribution >= 4 is 5.97 Å². The zero-order valence-electron chi connectivity index (χ0n) is 24.4. The Kier molecular flexibility index (Phi) is 6.77. The number of esters is 1. The summed E-state index contributed by atoms with van der Waals surface area (Å²) < 4.78 is 6.13. The Balaban J connectivity index is 1.53. The lowest BCUT2D eigenvalue weighted by atomic mass is 9.44. The topological polar surface area (TPSA) is 87.0 Å². The van der Waals surface area contributed by atoms with Gasteiger partial charge in [-0.1, -0.05) is 60.1 Å². The fraction of sp³-hybridized carbons (Fsp3) is 0.906. The minimum Gasteiger partial charge on any atom is -0.459 e. The molecule has 37 heavy (non-hydrogen) atoms. The van der Waals surface area contributed by atoms with E-state index in [-0.39, 0.29) is 34.6 Å². The van der Waals surface area contributed by atoms with Crippen molar-refractivity contribution < 1.29 is 24.9 Å². The fourth-order valence-electron chi connectivity index (χ4n) is 10.7. The largest absolute Gasteiger partial charge is 0.459 e. The third kappa shape index (κ3) is 3.91. The normalized spacial score (nSPS) is 52.4. The summed E-state index contributed by atoms with van der Waals surface area (Å²) in [7, 11) is 0. The summed E-state index contributed by atoms with van der Waals surface area (Å²) >= 11 is 0. The van der Waals surface area contributed by atoms with Gasteiger partial charge in [0.05, 0.1) is 18.3 Å². The molecule has 3 N–H and O–H groups in total. The molecule has 0 saturated heterocycles. The summed E-state index contributed by atoms with van der Waals surface area (Å²) in [6.45, 7) is 17.9. The van der Waals surface area contributed by atoms with Crippen molar-refractivity contribution in [2.24, 2.45) is 63.6 Å². The first-order chi connectivity index (χ1) is 17.2. The summed E-state index contributed by atoms with van der Waals surface area (Å²) in [5, 5.41) is 34.1. The van der Waals surface area contributed by atoms with E-state index in [0.717, 1.165) is 24.8 Å². The van der Waals surface area contributed by atoms with Gasteiger partial charge in [0.1, 0.15) is 6.10 Å². The highest BCUT2D eigenvalue weighted by Crippen LogP contribution is 2.71. The van der Waals surface area contributed by atoms with Gasteiger partial charge in [-0.05, 0) is 90.8 Å². The van der Waals surface area contributed by atoms with Crippen LogP contribution in [0.3, 0.4) is 0 Å². The third-order valence-electron chi connectivity index (χ3n) is 13.2. The Morgan fingerprint density at radius 3 is 2.32 bits per heavy atom. The van der Waals surface area contributed by atoms with Crippen LogP contribution in [0.25, 0.3) is 0 Å². The molecule has 0 bridgehead atoms. The van der Waals surface area contributed by atoms with E-state index in [1.54, 1.807) is 0 Å². The van der Waals surface area contributed by atoms with E-state index in [0.29, 0.717) is 47.8 Å². The van der Waals surface area contributed by atoms with Gasteiger partial charge in [0.2, 0.25) is 0 Å². The van der Waals surface area contributed by atoms with Crippen LogP contribution in [0.4, 0.5) is 0 Å². The Hall–Kier alpha value is -0.910. The molecule has 0 aromatic rings. The van der Waals surface area contributed by atoms with Crippen molar-refractivity contribution in [2.75, 3.05) is 0 Å². The highest BCUT2D eigenvalue weighted by Gasteiger charge is 2.70. The Labute approximate surface area is 224 Å². The number of aliphatic hydroxyl groups is 3. The molecule has 2 unspecified atom stereocenters. The maximum Gasteiger partial charge on any atom is 0.303 e. The monoisotopic (exact) mass is 516 g/mol. The highest BCUT2D eigenvalue weighted by atomic mass is 16.6. The summed E-state index contributed by atoms with van der Waals surface area (Å²) in [5.74, 6) is 2.35. The first-order valence-corrected chi connectivity index (χ1v) is 15.1. The van der Waals surface area contributed by atoms with Gasteiger partial charge in [-0.2, -0.15) is 0 Å². The number of ether oxygens (including phenoxy) is 1. The maximum absolute atomic E-state index is 12.5. The predicted molar refractivity (Wildman–Crippen MR) is 144 cm³/mol. The van der Waals surface area contributed by atoms with Gasteiger partial charge in [-0.25, -0.2) is 0 Å². The second-order valence-electron chi connectivity index (χ2n) is 15.0. The summed E-state index contributed by atoms with van der Waals surface area (Å²) in [5.41, 5.74) is 0.733. The quantitative estimate of drug-likeness (QED) is 0.338. The van der Waals surface area contributed by atoms with Crippen LogP contribution in [0.5, 0.6) is 0 Å². The molecule has 5 rings (SSSR count). The number of hydrogen-bond acceptors (Lipinski definition) is 5. The van der Waals surface area contributed by atoms with E-state index < -0.39 is 24.4 Å². The molecule has 210 valence electrons. The van der Waals surface area contributed by atoms with E-state index in [4.69, 9.17) is 4.74 Å². The van der Waals surface area contributed by atoms with Crippen molar-refractivity contribution in [2.45, 2.75) is 118 Å². The molecule has 5 aliphatic rings. The summed E-state index contributed by atoms with van der Waals surface area (Å²) in [6, 6.07) is 0. The van der Waals surface area contributed by atoms with Gasteiger partial charge >= 0.3 is 5.97 Å². The standard InChI is InChI=1S/C32H52O5/c1-16(2)18(4)31(7)15-24(31)17(3)22-9-10-23-26-25(35)14-20-13-21(34)11-12-30(20,6)27(26)28(36)29(32(22,23)8)37-19(5)33/h14,16-18,21-29,34-36H,9-13,15H2,1-8H3/t17-,18+,21-,22+,23?,24+,25+,26+,27?,28-,29+,30-,31+,32+/m0/s1. The molecule has 5 aliphatic carbocycles. The molecule has 0 aromatic heterocycles. The van der Waals surface area contributed by atoms with Gasteiger partial charge in [-0.15, -0.1) is 0 Å². The molecule has 0 radical (unpaired) electrons. The van der Waals surface area contributed by atoms with Gasteiger partial charge < -0.3 is 20.1 Å². The van der Waals surface area contributed by atoms with Crippen LogP contribution < -0.4 is 0 Å². The minimum atomic E-state index is -0.832. The molecule has 0 aromatic carbocycles. The lowest BCUT2D eigenvalue weighted by molar-refractivity contribution is -0.231. The molecule has 0 aliphatic heterocycles. The number of fused-ring (bicyclic) bond motifs is 5. The van der Waals surface area contributed by atoms with Crippen LogP contribution in [0.1, 0.15) is 93.9 Å². The Morgan fingerprint density at radius 1 is 1.03 bits per heavy atom. The maximum atomic E-state index is 12.5. The minimum absolute atomic E-state index is 0.0619. The third-order valence-corrected chi connectivity index (χ3v) is 13.2. The zero-order chi connectivity index (χ0) is 27.2. The predicted octanol–water partition coefficient (Wildman–Crippen LogP) is 5.36. The first-order valence-electron chi connectivity index (χ1n) is 15.1. The molecule has 0 spiro atoms. The second-order valence-corrected chi connectivity index (χ2v) is 15.0. The summed E-state index contributed by atoms with van der Waals surface area (Å²) in [4.78, 5) is 12.5. The number of hydrogen-bond donors (Lipinski definition) is 3. The van der Waals surface area contributed by atoms with Crippen LogP contribution in [-0.4, -0.2) is 45.7 Å². The second kappa shape index (κ2) is 9.06. The number of carbonyl (C=O) groups is 1. The van der Waals surface area contributed by atoms with E-state index in [2.05, 4.69) is 48.5 Å². The van der Waals surface area contributed by atoms with Crippen molar-refractivity contribution in [3.8, 4) is 0 Å². The van der Waals surface area contributed by atoms with Crippen LogP contribution in [0.15, 0.2) is 11.6 Å². The molecule has 0 heterocycles. The van der Waals surface area contributed by atoms with Crippen molar-refractivity contribution in [3.63, 3.8) is 0 Å². The first kappa shape index (κ1) is 27.6. The average molecular weight is 517 g/mol. The van der Waals surface area contributed by atoms with Gasteiger partial charge in [0.15, 0.2) is 0 Å². The van der Waals surface area contributed by atoms with Crippen molar-refractivity contribution in [1.82, 2.24) is 0 Å². The van der Waals surface area contributed by atoms with Gasteiger partial charge in [0.25, 0.3) is 0 Å². The Morgan fingerprint density at radius 2 is 1.70 bits per heavy atom. The smallest absolute Gasteiger partial charge is 0.303 e. The molecule has 5 heteroatoms. The lowest BCUT2D eigenvalue weighted by Crippen LogP contribution is -2.67. The van der Waals surface area contributed by atoms with E-state index in [1.807, 2.05) is 6.08 Å². The van der Waals surface area contributed by atoms with E-state index >= 15 is 0 Å². The van der Waals surface area contributed by atoms with E-state index in [1.165, 1.54) is 13.3 Å². The number of rotatable bonds is 5. The van der Waals surface area contributed by atoms with Crippen molar-refractivity contribution in [1.29, 1.82) is 0 Å². The molecule has 0 amide bonds. The average Bonchev–Trinajstić information content (AvgIpc) is 3.39. The SMILES string of the molecule is CC(=O)O[C@@H]1[C@@H](O)C2[C@H](C3CC[C@H]([C@H](C)[C@H]4C[C@]4(C)[C@H](C)C(C)C)[C@]31C)[C@H](O)C=C1C[C@@H](O)CC[C@@]12C. The van der Waals surface area contributed by atoms with Crippen molar-refractivity contribution in [3.05, 3.63) is 11.6 Å². The van der Waals surface area contributed by atoms with Crippen LogP contribution in [-0.2, 0) is 9.53 Å². The molecule has 4 saturated carbocycles. The molecular formula is C32H52O5. The molecule has 4 fully saturated rings. The van der Waals surface area contributed by atoms with Crippen LogP contribution in [0, 0.1) is 63.6 Å². The van der Waals surface area contributed by atoms with Crippen LogP contribution in [0.2, 0.25) is 0 Å². The van der Waals surface area contributed by atoms with Gasteiger partial charge in [0, 0.05) is 18.3 Å². The number of carbonyl (C=O) groups excluding carboxylic acids is 1. The van der Waals surface area contributed by atoms with Gasteiger partial charge in [-0.3, -0.25) is 4.79 Å². The molecule has 5 nitrogen and oxygen atoms in total. The lowest BCUT2D eigenvalue weighted by Gasteiger charge is -2.63. The van der Waals surface area contributed by atoms with E-state index in [9.17, 15) is 20.1 Å². The highest BCUT2D eigenvalue weighted by molar-refractivity contribution is 5.66.